The zero-order valence-corrected chi connectivity index (χ0v) is 12.2. The lowest BCUT2D eigenvalue weighted by Gasteiger charge is -2.24. The Morgan fingerprint density at radius 2 is 2.14 bits per heavy atom. The number of benzene rings is 1. The molecule has 1 spiro atoms. The van der Waals surface area contributed by atoms with Gasteiger partial charge in [-0.2, -0.15) is 0 Å². The van der Waals surface area contributed by atoms with Crippen LogP contribution >= 0.6 is 0 Å². The molecule has 1 aromatic carbocycles. The van der Waals surface area contributed by atoms with Gasteiger partial charge in [0.25, 0.3) is 0 Å². The maximum Gasteiger partial charge on any atom is 0.234 e. The first kappa shape index (κ1) is 13.5. The molecule has 5 heteroatoms. The summed E-state index contributed by atoms with van der Waals surface area (Å²) in [6, 6.07) is 7.77. The summed E-state index contributed by atoms with van der Waals surface area (Å²) in [5.41, 5.74) is 1.16. The molecule has 4 rings (SSSR count). The fourth-order valence-electron chi connectivity index (χ4n) is 3.90. The number of fused-ring (bicyclic) bond motifs is 1. The number of carboxylic acids is 1. The number of hydrogen-bond acceptors (Lipinski definition) is 4. The lowest BCUT2D eigenvalue weighted by Crippen LogP contribution is -2.45. The van der Waals surface area contributed by atoms with Crippen molar-refractivity contribution < 1.29 is 19.4 Å². The van der Waals surface area contributed by atoms with Gasteiger partial charge in [-0.05, 0) is 24.1 Å². The van der Waals surface area contributed by atoms with Crippen LogP contribution in [0.3, 0.4) is 0 Å². The maximum atomic E-state index is 12.8. The number of aliphatic carboxylic acids is 1. The van der Waals surface area contributed by atoms with Crippen molar-refractivity contribution in [1.29, 1.82) is 0 Å². The van der Waals surface area contributed by atoms with Crippen LogP contribution in [0.15, 0.2) is 36.4 Å². The Labute approximate surface area is 128 Å². The number of rotatable bonds is 3. The van der Waals surface area contributed by atoms with E-state index in [2.05, 4.69) is 6.92 Å². The van der Waals surface area contributed by atoms with E-state index in [4.69, 9.17) is 4.74 Å². The molecule has 3 aliphatic heterocycles. The van der Waals surface area contributed by atoms with E-state index in [-0.39, 0.29) is 5.91 Å². The minimum absolute atomic E-state index is 0.190. The van der Waals surface area contributed by atoms with E-state index in [1.165, 1.54) is 5.56 Å². The molecule has 1 aromatic rings. The third-order valence-corrected chi connectivity index (χ3v) is 5.03. The van der Waals surface area contributed by atoms with Crippen molar-refractivity contribution in [3.63, 3.8) is 0 Å². The predicted octanol–water partition coefficient (Wildman–Crippen LogP) is 0.285. The number of ether oxygens (including phenoxy) is 1. The number of nitrogens with zero attached hydrogens (tertiary/aromatic N) is 1. The smallest absolute Gasteiger partial charge is 0.234 e. The second kappa shape index (κ2) is 4.43. The normalized spacial score (nSPS) is 35.2. The van der Waals surface area contributed by atoms with Crippen LogP contribution in [0, 0.1) is 11.8 Å². The van der Waals surface area contributed by atoms with Crippen LogP contribution in [0.2, 0.25) is 0 Å². The number of anilines is 1. The van der Waals surface area contributed by atoms with E-state index < -0.39 is 29.5 Å². The van der Waals surface area contributed by atoms with Gasteiger partial charge in [0.2, 0.25) is 5.91 Å². The van der Waals surface area contributed by atoms with Crippen molar-refractivity contribution in [1.82, 2.24) is 0 Å². The van der Waals surface area contributed by atoms with Gasteiger partial charge >= 0.3 is 0 Å². The molecule has 2 bridgehead atoms. The average Bonchev–Trinajstić information content (AvgIpc) is 3.15. The second-order valence-corrected chi connectivity index (χ2v) is 6.16. The monoisotopic (exact) mass is 298 g/mol. The number of carbonyl (C=O) groups excluding carboxylic acids is 2. The molecule has 4 atom stereocenters. The van der Waals surface area contributed by atoms with Gasteiger partial charge in [-0.15, -0.1) is 0 Å². The molecule has 2 fully saturated rings. The van der Waals surface area contributed by atoms with E-state index in [0.29, 0.717) is 6.54 Å². The van der Waals surface area contributed by atoms with Gasteiger partial charge in [-0.3, -0.25) is 4.79 Å². The lowest BCUT2D eigenvalue weighted by atomic mass is 9.77. The van der Waals surface area contributed by atoms with Crippen molar-refractivity contribution in [2.24, 2.45) is 11.8 Å². The van der Waals surface area contributed by atoms with Gasteiger partial charge < -0.3 is 19.5 Å². The molecule has 0 radical (unpaired) electrons. The molecule has 0 aliphatic carbocycles. The summed E-state index contributed by atoms with van der Waals surface area (Å²) in [4.78, 5) is 25.8. The summed E-state index contributed by atoms with van der Waals surface area (Å²) in [6.07, 6.45) is 3.98. The summed E-state index contributed by atoms with van der Waals surface area (Å²) in [5, 5.41) is 11.4. The molecule has 0 unspecified atom stereocenters. The molecular weight excluding hydrogens is 282 g/mol. The molecule has 0 aromatic heterocycles. The molecule has 3 heterocycles. The third-order valence-electron chi connectivity index (χ3n) is 5.03. The van der Waals surface area contributed by atoms with Gasteiger partial charge in [-0.1, -0.05) is 31.2 Å². The Morgan fingerprint density at radius 3 is 2.77 bits per heavy atom. The molecular formula is C17H16NO4-. The largest absolute Gasteiger partial charge is 0.550 e. The molecule has 1 amide bonds. The summed E-state index contributed by atoms with van der Waals surface area (Å²) < 4.78 is 5.83. The van der Waals surface area contributed by atoms with Gasteiger partial charge in [0, 0.05) is 17.6 Å². The number of amides is 1. The Kier molecular flexibility index (Phi) is 2.72. The lowest BCUT2D eigenvalue weighted by molar-refractivity contribution is -0.313. The first-order chi connectivity index (χ1) is 10.6. The summed E-state index contributed by atoms with van der Waals surface area (Å²) >= 11 is 0. The Hall–Kier alpha value is -2.14. The van der Waals surface area contributed by atoms with Crippen LogP contribution in [0.5, 0.6) is 0 Å². The molecule has 22 heavy (non-hydrogen) atoms. The van der Waals surface area contributed by atoms with E-state index in [9.17, 15) is 14.7 Å². The second-order valence-electron chi connectivity index (χ2n) is 6.16. The van der Waals surface area contributed by atoms with Gasteiger partial charge in [-0.25, -0.2) is 0 Å². The van der Waals surface area contributed by atoms with Crippen molar-refractivity contribution in [3.05, 3.63) is 42.0 Å². The zero-order chi connectivity index (χ0) is 15.5. The minimum Gasteiger partial charge on any atom is -0.550 e. The average molecular weight is 298 g/mol. The van der Waals surface area contributed by atoms with E-state index in [1.807, 2.05) is 30.3 Å². The maximum absolute atomic E-state index is 12.8. The molecule has 0 saturated carbocycles. The van der Waals surface area contributed by atoms with Crippen LogP contribution in [0.4, 0.5) is 5.69 Å². The van der Waals surface area contributed by atoms with Gasteiger partial charge in [0.1, 0.15) is 5.60 Å². The Morgan fingerprint density at radius 1 is 1.41 bits per heavy atom. The molecule has 3 aliphatic rings. The van der Waals surface area contributed by atoms with Crippen LogP contribution < -0.4 is 10.0 Å². The highest BCUT2D eigenvalue weighted by Gasteiger charge is 2.65. The summed E-state index contributed by atoms with van der Waals surface area (Å²) in [5.74, 6) is -2.97. The molecule has 114 valence electrons. The van der Waals surface area contributed by atoms with Crippen LogP contribution in [-0.2, 0) is 20.7 Å². The quantitative estimate of drug-likeness (QED) is 0.752. The topological polar surface area (TPSA) is 69.7 Å². The van der Waals surface area contributed by atoms with Crippen LogP contribution in [0.1, 0.15) is 12.5 Å². The highest BCUT2D eigenvalue weighted by atomic mass is 16.5. The highest BCUT2D eigenvalue weighted by Crippen LogP contribution is 2.52. The fraction of sp³-hybridized carbons (Fsp3) is 0.412. The highest BCUT2D eigenvalue weighted by molar-refractivity contribution is 6.02. The number of carbonyl (C=O) groups is 2. The number of hydrogen-bond donors (Lipinski definition) is 0. The Bertz CT molecular complexity index is 680. The van der Waals surface area contributed by atoms with E-state index in [0.717, 1.165) is 12.1 Å². The minimum atomic E-state index is -1.21. The standard InChI is InChI=1S/C17H17NO4/c1-2-10-3-5-11(6-4-10)18-9-17-8-7-12(22-17)13(16(20)21)14(17)15(18)19/h3-8,12-14H,2,9H2,1H3,(H,20,21)/p-1/t12-,13+,14-,17-/m1/s1. The fourth-order valence-corrected chi connectivity index (χ4v) is 3.90. The summed E-state index contributed by atoms with van der Waals surface area (Å²) in [7, 11) is 0. The number of carboxylic acid groups (broad SMARTS) is 1. The molecule has 0 N–H and O–H groups in total. The van der Waals surface area contributed by atoms with Crippen LogP contribution in [-0.4, -0.2) is 30.1 Å². The predicted molar refractivity (Wildman–Crippen MR) is 76.9 cm³/mol. The summed E-state index contributed by atoms with van der Waals surface area (Å²) in [6.45, 7) is 2.43. The molecule has 2 saturated heterocycles. The van der Waals surface area contributed by atoms with Crippen molar-refractivity contribution in [3.8, 4) is 0 Å². The third kappa shape index (κ3) is 1.63. The Balaban J connectivity index is 1.70. The first-order valence-corrected chi connectivity index (χ1v) is 7.54. The van der Waals surface area contributed by atoms with Gasteiger partial charge in [0.05, 0.1) is 18.6 Å². The van der Waals surface area contributed by atoms with Crippen LogP contribution in [0.25, 0.3) is 0 Å². The van der Waals surface area contributed by atoms with E-state index in [1.54, 1.807) is 11.0 Å². The van der Waals surface area contributed by atoms with Crippen molar-refractivity contribution in [2.75, 3.05) is 11.4 Å². The van der Waals surface area contributed by atoms with Gasteiger partial charge in [0.15, 0.2) is 0 Å². The van der Waals surface area contributed by atoms with E-state index >= 15 is 0 Å². The van der Waals surface area contributed by atoms with Crippen molar-refractivity contribution >= 4 is 17.6 Å². The SMILES string of the molecule is CCc1ccc(N2C[C@@]34C=C[C@@H](O3)[C@H](C(=O)[O-])[C@@H]4C2=O)cc1. The number of aryl methyl sites for hydroxylation is 1. The molecule has 5 nitrogen and oxygen atoms in total. The first-order valence-electron chi connectivity index (χ1n) is 7.54. The van der Waals surface area contributed by atoms with Crippen molar-refractivity contribution in [2.45, 2.75) is 25.0 Å². The zero-order valence-electron chi connectivity index (χ0n) is 12.2.